The summed E-state index contributed by atoms with van der Waals surface area (Å²) in [5.74, 6) is 2.29. The summed E-state index contributed by atoms with van der Waals surface area (Å²) in [5.41, 5.74) is 5.75. The Morgan fingerprint density at radius 3 is 2.75 bits per heavy atom. The molecule has 0 unspecified atom stereocenters. The molecule has 5 aromatic heterocycles. The standard InChI is InChI=1S/C23H22N8O/c1-32-15-11-14(12-24-13-15)16-5-6-18-19(26-16)21(30-29-18)22-27-17-7-8-25-23(20(17)28-22)31-9-3-2-4-10-31/h5-8,11-13H,2-4,9-10H2,1H3,(H,27,28)(H,29,30). The van der Waals surface area contributed by atoms with Gasteiger partial charge >= 0.3 is 0 Å². The van der Waals surface area contributed by atoms with Crippen LogP contribution >= 0.6 is 0 Å². The third-order valence-corrected chi connectivity index (χ3v) is 5.91. The van der Waals surface area contributed by atoms with Gasteiger partial charge in [-0.15, -0.1) is 0 Å². The van der Waals surface area contributed by atoms with E-state index in [4.69, 9.17) is 14.7 Å². The highest BCUT2D eigenvalue weighted by Crippen LogP contribution is 2.31. The van der Waals surface area contributed by atoms with Crippen molar-refractivity contribution in [2.75, 3.05) is 25.1 Å². The Kier molecular flexibility index (Phi) is 4.45. The van der Waals surface area contributed by atoms with Gasteiger partial charge in [0.2, 0.25) is 0 Å². The first-order chi connectivity index (χ1) is 15.8. The number of nitrogens with zero attached hydrogens (tertiary/aromatic N) is 6. The van der Waals surface area contributed by atoms with Gasteiger partial charge in [-0.05, 0) is 43.5 Å². The van der Waals surface area contributed by atoms with Crippen molar-refractivity contribution in [3.05, 3.63) is 42.9 Å². The Morgan fingerprint density at radius 2 is 1.88 bits per heavy atom. The van der Waals surface area contributed by atoms with Gasteiger partial charge in [0.15, 0.2) is 17.3 Å². The number of pyridine rings is 3. The Morgan fingerprint density at radius 1 is 0.969 bits per heavy atom. The van der Waals surface area contributed by atoms with Crippen LogP contribution in [-0.2, 0) is 0 Å². The lowest BCUT2D eigenvalue weighted by Crippen LogP contribution is -2.30. The summed E-state index contributed by atoms with van der Waals surface area (Å²) in [7, 11) is 1.63. The van der Waals surface area contributed by atoms with Crippen LogP contribution in [0.15, 0.2) is 42.9 Å². The van der Waals surface area contributed by atoms with E-state index in [1.807, 2.05) is 30.5 Å². The summed E-state index contributed by atoms with van der Waals surface area (Å²) in [6.45, 7) is 2.03. The predicted molar refractivity (Wildman–Crippen MR) is 123 cm³/mol. The van der Waals surface area contributed by atoms with Gasteiger partial charge < -0.3 is 14.6 Å². The highest BCUT2D eigenvalue weighted by molar-refractivity contribution is 5.93. The summed E-state index contributed by atoms with van der Waals surface area (Å²) in [6.07, 6.45) is 8.93. The van der Waals surface area contributed by atoms with Crippen molar-refractivity contribution in [3.8, 4) is 28.5 Å². The molecule has 0 radical (unpaired) electrons. The van der Waals surface area contributed by atoms with Gasteiger partial charge in [0.1, 0.15) is 16.8 Å². The number of aromatic amines is 2. The number of hydrogen-bond acceptors (Lipinski definition) is 7. The Balaban J connectivity index is 1.45. The molecule has 32 heavy (non-hydrogen) atoms. The van der Waals surface area contributed by atoms with Crippen molar-refractivity contribution in [3.63, 3.8) is 0 Å². The number of methoxy groups -OCH3 is 1. The van der Waals surface area contributed by atoms with E-state index in [1.165, 1.54) is 19.3 Å². The first kappa shape index (κ1) is 18.7. The van der Waals surface area contributed by atoms with Gasteiger partial charge in [-0.1, -0.05) is 0 Å². The number of ether oxygens (including phenoxy) is 1. The van der Waals surface area contributed by atoms with Crippen molar-refractivity contribution >= 4 is 27.9 Å². The number of H-pyrrole nitrogens is 2. The summed E-state index contributed by atoms with van der Waals surface area (Å²) < 4.78 is 5.30. The van der Waals surface area contributed by atoms with Gasteiger partial charge in [-0.3, -0.25) is 10.1 Å². The molecular weight excluding hydrogens is 404 g/mol. The van der Waals surface area contributed by atoms with E-state index in [9.17, 15) is 0 Å². The second-order valence-electron chi connectivity index (χ2n) is 7.94. The Bertz CT molecular complexity index is 1420. The maximum atomic E-state index is 5.30. The number of imidazole rings is 1. The molecule has 0 amide bonds. The first-order valence-electron chi connectivity index (χ1n) is 10.7. The molecule has 2 N–H and O–H groups in total. The Hall–Kier alpha value is -4.01. The summed E-state index contributed by atoms with van der Waals surface area (Å²) in [4.78, 5) is 24.4. The SMILES string of the molecule is COc1cncc(-c2ccc3[nH]nc(-c4nc5c(N6CCCCC6)nccc5[nH]4)c3n2)c1. The smallest absolute Gasteiger partial charge is 0.161 e. The number of nitrogens with one attached hydrogen (secondary N) is 2. The Labute approximate surface area is 183 Å². The lowest BCUT2D eigenvalue weighted by Gasteiger charge is -2.27. The van der Waals surface area contributed by atoms with E-state index in [2.05, 4.69) is 30.0 Å². The minimum absolute atomic E-state index is 0.672. The van der Waals surface area contributed by atoms with Crippen LogP contribution in [0.4, 0.5) is 5.82 Å². The molecule has 0 saturated carbocycles. The van der Waals surface area contributed by atoms with Crippen LogP contribution in [0, 0.1) is 0 Å². The minimum Gasteiger partial charge on any atom is -0.495 e. The van der Waals surface area contributed by atoms with Gasteiger partial charge in [0, 0.05) is 31.0 Å². The van der Waals surface area contributed by atoms with Crippen LogP contribution in [0.25, 0.3) is 44.8 Å². The van der Waals surface area contributed by atoms with Gasteiger partial charge in [-0.2, -0.15) is 5.10 Å². The molecule has 0 spiro atoms. The zero-order chi connectivity index (χ0) is 21.5. The van der Waals surface area contributed by atoms with Crippen LogP contribution in [-0.4, -0.2) is 55.3 Å². The van der Waals surface area contributed by atoms with Crippen molar-refractivity contribution in [2.45, 2.75) is 19.3 Å². The van der Waals surface area contributed by atoms with Crippen molar-refractivity contribution in [2.24, 2.45) is 0 Å². The van der Waals surface area contributed by atoms with Crippen molar-refractivity contribution in [1.82, 2.24) is 35.1 Å². The second kappa shape index (κ2) is 7.60. The number of aromatic nitrogens is 7. The number of fused-ring (bicyclic) bond motifs is 2. The second-order valence-corrected chi connectivity index (χ2v) is 7.94. The molecule has 1 fully saturated rings. The zero-order valence-corrected chi connectivity index (χ0v) is 17.7. The van der Waals surface area contributed by atoms with Gasteiger partial charge in [0.25, 0.3) is 0 Å². The third kappa shape index (κ3) is 3.13. The summed E-state index contributed by atoms with van der Waals surface area (Å²) >= 11 is 0. The molecule has 160 valence electrons. The third-order valence-electron chi connectivity index (χ3n) is 5.91. The van der Waals surface area contributed by atoms with Crippen molar-refractivity contribution < 1.29 is 4.74 Å². The molecule has 6 heterocycles. The van der Waals surface area contributed by atoms with Crippen molar-refractivity contribution in [1.29, 1.82) is 0 Å². The van der Waals surface area contributed by atoms with Crippen LogP contribution in [0.1, 0.15) is 19.3 Å². The molecule has 0 aliphatic carbocycles. The molecule has 0 atom stereocenters. The number of anilines is 1. The highest BCUT2D eigenvalue weighted by Gasteiger charge is 2.20. The van der Waals surface area contributed by atoms with E-state index < -0.39 is 0 Å². The fourth-order valence-corrected chi connectivity index (χ4v) is 4.27. The first-order valence-corrected chi connectivity index (χ1v) is 10.7. The normalized spacial score (nSPS) is 14.3. The van der Waals surface area contributed by atoms with E-state index >= 15 is 0 Å². The molecule has 0 bridgehead atoms. The minimum atomic E-state index is 0.672. The topological polar surface area (TPSA) is 108 Å². The number of rotatable bonds is 4. The number of hydrogen-bond donors (Lipinski definition) is 2. The average Bonchev–Trinajstić information content (AvgIpc) is 3.48. The van der Waals surface area contributed by atoms with Gasteiger partial charge in [0.05, 0.1) is 30.0 Å². The molecule has 0 aromatic carbocycles. The van der Waals surface area contributed by atoms with Crippen LogP contribution < -0.4 is 9.64 Å². The predicted octanol–water partition coefficient (Wildman–Crippen LogP) is 3.96. The molecule has 1 aliphatic rings. The van der Waals surface area contributed by atoms with E-state index in [0.29, 0.717) is 17.3 Å². The maximum Gasteiger partial charge on any atom is 0.161 e. The van der Waals surface area contributed by atoms with Gasteiger partial charge in [-0.25, -0.2) is 15.0 Å². The zero-order valence-electron chi connectivity index (χ0n) is 17.7. The lowest BCUT2D eigenvalue weighted by atomic mass is 10.1. The average molecular weight is 426 g/mol. The maximum absolute atomic E-state index is 5.30. The van der Waals surface area contributed by atoms with Crippen LogP contribution in [0.3, 0.4) is 0 Å². The monoisotopic (exact) mass is 426 g/mol. The fourth-order valence-electron chi connectivity index (χ4n) is 4.27. The number of piperidine rings is 1. The molecule has 1 saturated heterocycles. The molecule has 9 nitrogen and oxygen atoms in total. The van der Waals surface area contributed by atoms with E-state index in [0.717, 1.165) is 52.2 Å². The molecule has 5 aromatic rings. The van der Waals surface area contributed by atoms with E-state index in [-0.39, 0.29) is 0 Å². The molecule has 1 aliphatic heterocycles. The largest absolute Gasteiger partial charge is 0.495 e. The quantitative estimate of drug-likeness (QED) is 0.448. The highest BCUT2D eigenvalue weighted by atomic mass is 16.5. The molecule has 6 rings (SSSR count). The molecular formula is C23H22N8O. The fraction of sp³-hybridized carbons (Fsp3) is 0.261. The molecule has 9 heteroatoms. The van der Waals surface area contributed by atoms with E-state index in [1.54, 1.807) is 19.5 Å². The lowest BCUT2D eigenvalue weighted by molar-refractivity contribution is 0.413. The summed E-state index contributed by atoms with van der Waals surface area (Å²) in [6, 6.07) is 7.78. The van der Waals surface area contributed by atoms with Crippen LogP contribution in [0.2, 0.25) is 0 Å². The summed E-state index contributed by atoms with van der Waals surface area (Å²) in [5, 5.41) is 7.59. The van der Waals surface area contributed by atoms with Crippen LogP contribution in [0.5, 0.6) is 5.75 Å².